The van der Waals surface area contributed by atoms with Gasteiger partial charge in [-0.05, 0) is 17.7 Å². The Hall–Kier alpha value is -1.76. The zero-order valence-corrected chi connectivity index (χ0v) is 11.4. The molecule has 0 bridgehead atoms. The first-order chi connectivity index (χ1) is 8.89. The summed E-state index contributed by atoms with van der Waals surface area (Å²) in [4.78, 5) is 11.7. The topological polar surface area (TPSA) is 44.7 Å². The van der Waals surface area contributed by atoms with E-state index >= 15 is 0 Å². The van der Waals surface area contributed by atoms with E-state index < -0.39 is 12.1 Å². The zero-order valence-electron chi connectivity index (χ0n) is 10.6. The summed E-state index contributed by atoms with van der Waals surface area (Å²) in [5.74, 6) is -1.89. The Morgan fingerprint density at radius 1 is 1.30 bits per heavy atom. The van der Waals surface area contributed by atoms with E-state index in [-0.39, 0.29) is 18.1 Å². The lowest BCUT2D eigenvalue weighted by molar-refractivity contribution is -0.170. The van der Waals surface area contributed by atoms with Gasteiger partial charge in [0.1, 0.15) is 0 Å². The van der Waals surface area contributed by atoms with Crippen LogP contribution in [0.4, 0.5) is 18.9 Å². The molecule has 0 saturated carbocycles. The maximum atomic E-state index is 12.3. The van der Waals surface area contributed by atoms with Crippen LogP contribution in [0, 0.1) is 0 Å². The molecule has 4 nitrogen and oxygen atoms in total. The van der Waals surface area contributed by atoms with Crippen LogP contribution in [0.3, 0.4) is 0 Å². The number of amides is 1. The van der Waals surface area contributed by atoms with Crippen molar-refractivity contribution in [2.75, 3.05) is 18.5 Å². The fourth-order valence-electron chi connectivity index (χ4n) is 1.78. The van der Waals surface area contributed by atoms with Crippen molar-refractivity contribution in [3.63, 3.8) is 0 Å². The van der Waals surface area contributed by atoms with Gasteiger partial charge in [0.15, 0.2) is 0 Å². The van der Waals surface area contributed by atoms with E-state index in [1.807, 2.05) is 0 Å². The lowest BCUT2D eigenvalue weighted by atomic mass is 10.1. The SMILES string of the molecule is CN(C(=O)C(F)(F)F)c1ccc(C2=NNCC2)cc1.Cl. The number of nitrogens with one attached hydrogen (secondary N) is 1. The molecule has 20 heavy (non-hydrogen) atoms. The lowest BCUT2D eigenvalue weighted by Crippen LogP contribution is -2.38. The number of carbonyl (C=O) groups excluding carboxylic acids is 1. The summed E-state index contributed by atoms with van der Waals surface area (Å²) in [6, 6.07) is 6.25. The van der Waals surface area contributed by atoms with Crippen LogP contribution in [-0.2, 0) is 4.79 Å². The predicted molar refractivity (Wildman–Crippen MR) is 72.3 cm³/mol. The largest absolute Gasteiger partial charge is 0.471 e. The molecule has 1 aliphatic heterocycles. The van der Waals surface area contributed by atoms with Crippen molar-refractivity contribution in [1.29, 1.82) is 0 Å². The number of carbonyl (C=O) groups is 1. The number of hydrazone groups is 1. The van der Waals surface area contributed by atoms with E-state index in [1.54, 1.807) is 12.1 Å². The van der Waals surface area contributed by atoms with Gasteiger partial charge in [-0.2, -0.15) is 18.3 Å². The van der Waals surface area contributed by atoms with Crippen LogP contribution in [0.5, 0.6) is 0 Å². The normalized spacial score (nSPS) is 14.1. The summed E-state index contributed by atoms with van der Waals surface area (Å²) in [6.07, 6.45) is -4.09. The quantitative estimate of drug-likeness (QED) is 0.911. The van der Waals surface area contributed by atoms with Gasteiger partial charge < -0.3 is 10.3 Å². The third-order valence-corrected chi connectivity index (χ3v) is 2.82. The molecule has 1 aromatic rings. The fourth-order valence-corrected chi connectivity index (χ4v) is 1.78. The third kappa shape index (κ3) is 3.41. The molecule has 0 unspecified atom stereocenters. The Morgan fingerprint density at radius 3 is 2.35 bits per heavy atom. The molecule has 110 valence electrons. The monoisotopic (exact) mass is 307 g/mol. The summed E-state index contributed by atoms with van der Waals surface area (Å²) < 4.78 is 36.9. The second-order valence-electron chi connectivity index (χ2n) is 4.13. The molecule has 0 radical (unpaired) electrons. The van der Waals surface area contributed by atoms with Crippen LogP contribution in [0.15, 0.2) is 29.4 Å². The first-order valence-electron chi connectivity index (χ1n) is 5.64. The lowest BCUT2D eigenvalue weighted by Gasteiger charge is -2.18. The van der Waals surface area contributed by atoms with E-state index in [1.165, 1.54) is 12.1 Å². The molecule has 1 aromatic carbocycles. The number of alkyl halides is 3. The Kier molecular flexibility index (Phi) is 4.99. The summed E-state index contributed by atoms with van der Waals surface area (Å²) >= 11 is 0. The van der Waals surface area contributed by atoms with E-state index in [0.717, 1.165) is 31.3 Å². The van der Waals surface area contributed by atoms with E-state index in [0.29, 0.717) is 4.90 Å². The van der Waals surface area contributed by atoms with E-state index in [2.05, 4.69) is 10.5 Å². The van der Waals surface area contributed by atoms with Crippen LogP contribution in [-0.4, -0.2) is 31.4 Å². The first kappa shape index (κ1) is 16.3. The van der Waals surface area contributed by atoms with Gasteiger partial charge in [0, 0.05) is 25.7 Å². The second-order valence-corrected chi connectivity index (χ2v) is 4.13. The van der Waals surface area contributed by atoms with Crippen molar-refractivity contribution in [1.82, 2.24) is 5.43 Å². The van der Waals surface area contributed by atoms with Gasteiger partial charge in [-0.25, -0.2) is 0 Å². The number of nitrogens with zero attached hydrogens (tertiary/aromatic N) is 2. The number of benzene rings is 1. The molecule has 0 aliphatic carbocycles. The molecule has 0 atom stereocenters. The first-order valence-corrected chi connectivity index (χ1v) is 5.64. The van der Waals surface area contributed by atoms with Crippen LogP contribution < -0.4 is 10.3 Å². The van der Waals surface area contributed by atoms with Gasteiger partial charge in [-0.3, -0.25) is 4.79 Å². The highest BCUT2D eigenvalue weighted by atomic mass is 35.5. The van der Waals surface area contributed by atoms with Crippen molar-refractivity contribution in [3.8, 4) is 0 Å². The van der Waals surface area contributed by atoms with Crippen LogP contribution in [0.25, 0.3) is 0 Å². The number of hydrogen-bond donors (Lipinski definition) is 1. The number of anilines is 1. The van der Waals surface area contributed by atoms with Gasteiger partial charge in [0.05, 0.1) is 5.71 Å². The zero-order chi connectivity index (χ0) is 14.0. The maximum Gasteiger partial charge on any atom is 0.471 e. The van der Waals surface area contributed by atoms with Crippen molar-refractivity contribution >= 4 is 29.7 Å². The maximum absolute atomic E-state index is 12.3. The molecule has 1 amide bonds. The highest BCUT2D eigenvalue weighted by Gasteiger charge is 2.41. The minimum Gasteiger partial charge on any atom is -0.309 e. The summed E-state index contributed by atoms with van der Waals surface area (Å²) in [7, 11) is 1.10. The third-order valence-electron chi connectivity index (χ3n) is 2.82. The van der Waals surface area contributed by atoms with Gasteiger partial charge in [-0.1, -0.05) is 12.1 Å². The average Bonchev–Trinajstić information content (AvgIpc) is 2.90. The molecule has 1 N–H and O–H groups in total. The van der Waals surface area contributed by atoms with Crippen molar-refractivity contribution in [2.24, 2.45) is 5.10 Å². The number of halogens is 4. The van der Waals surface area contributed by atoms with Gasteiger partial charge >= 0.3 is 12.1 Å². The predicted octanol–water partition coefficient (Wildman–Crippen LogP) is 2.33. The van der Waals surface area contributed by atoms with Crippen LogP contribution in [0.1, 0.15) is 12.0 Å². The number of hydrogen-bond acceptors (Lipinski definition) is 3. The molecule has 0 spiro atoms. The molecular weight excluding hydrogens is 295 g/mol. The summed E-state index contributed by atoms with van der Waals surface area (Å²) in [6.45, 7) is 0.754. The van der Waals surface area contributed by atoms with Gasteiger partial charge in [0.2, 0.25) is 0 Å². The summed E-state index contributed by atoms with van der Waals surface area (Å²) in [5, 5.41) is 4.06. The highest BCUT2D eigenvalue weighted by molar-refractivity contribution is 6.02. The second kappa shape index (κ2) is 6.13. The number of rotatable bonds is 2. The standard InChI is InChI=1S/C12H12F3N3O.ClH/c1-18(11(19)12(13,14)15)9-4-2-8(3-5-9)10-6-7-16-17-10;/h2-5,16H,6-7H2,1H3;1H. The molecule has 0 fully saturated rings. The Bertz CT molecular complexity index is 514. The van der Waals surface area contributed by atoms with Crippen molar-refractivity contribution in [3.05, 3.63) is 29.8 Å². The van der Waals surface area contributed by atoms with Crippen LogP contribution >= 0.6 is 12.4 Å². The molecular formula is C12H13ClF3N3O. The summed E-state index contributed by atoms with van der Waals surface area (Å²) in [5.41, 5.74) is 4.71. The molecule has 8 heteroatoms. The molecule has 1 aliphatic rings. The Balaban J connectivity index is 0.00000200. The smallest absolute Gasteiger partial charge is 0.309 e. The fraction of sp³-hybridized carbons (Fsp3) is 0.333. The minimum atomic E-state index is -4.87. The van der Waals surface area contributed by atoms with Crippen molar-refractivity contribution in [2.45, 2.75) is 12.6 Å². The van der Waals surface area contributed by atoms with Crippen molar-refractivity contribution < 1.29 is 18.0 Å². The minimum absolute atomic E-state index is 0. The molecule has 0 aromatic heterocycles. The molecule has 0 saturated heterocycles. The van der Waals surface area contributed by atoms with E-state index in [4.69, 9.17) is 0 Å². The van der Waals surface area contributed by atoms with Gasteiger partial charge in [0.25, 0.3) is 0 Å². The molecule has 2 rings (SSSR count). The van der Waals surface area contributed by atoms with Crippen LogP contribution in [0.2, 0.25) is 0 Å². The molecule has 1 heterocycles. The Morgan fingerprint density at radius 2 is 1.90 bits per heavy atom. The Labute approximate surface area is 120 Å². The van der Waals surface area contributed by atoms with Gasteiger partial charge in [-0.15, -0.1) is 12.4 Å². The van der Waals surface area contributed by atoms with E-state index in [9.17, 15) is 18.0 Å². The highest BCUT2D eigenvalue weighted by Crippen LogP contribution is 2.23. The average molecular weight is 308 g/mol.